The molecule has 0 atom stereocenters. The van der Waals surface area contributed by atoms with Crippen molar-refractivity contribution in [3.63, 3.8) is 0 Å². The van der Waals surface area contributed by atoms with E-state index >= 15 is 0 Å². The number of nitrogens with one attached hydrogen (secondary N) is 1. The Balaban J connectivity index is 1.68. The number of piperidine rings is 1. The molecule has 2 aromatic rings. The van der Waals surface area contributed by atoms with Gasteiger partial charge < -0.3 is 14.8 Å². The number of methoxy groups -OCH3 is 2. The van der Waals surface area contributed by atoms with E-state index in [9.17, 15) is 13.2 Å². The molecule has 1 saturated heterocycles. The van der Waals surface area contributed by atoms with Crippen LogP contribution in [0.1, 0.15) is 12.8 Å². The summed E-state index contributed by atoms with van der Waals surface area (Å²) in [7, 11) is -0.906. The van der Waals surface area contributed by atoms with E-state index < -0.39 is 10.0 Å². The summed E-state index contributed by atoms with van der Waals surface area (Å²) < 4.78 is 38.0. The van der Waals surface area contributed by atoms with E-state index in [0.29, 0.717) is 34.3 Å². The van der Waals surface area contributed by atoms with Gasteiger partial charge in [-0.2, -0.15) is 4.31 Å². The zero-order valence-corrected chi connectivity index (χ0v) is 18.9. The molecule has 1 aliphatic heterocycles. The zero-order chi connectivity index (χ0) is 21.9. The Bertz CT molecular complexity index is 1040. The van der Waals surface area contributed by atoms with Crippen molar-refractivity contribution in [1.29, 1.82) is 0 Å². The number of carbonyl (C=O) groups excluding carboxylic acids is 1. The summed E-state index contributed by atoms with van der Waals surface area (Å²) in [6.07, 6.45) is 0.803. The molecule has 162 valence electrons. The van der Waals surface area contributed by atoms with Crippen molar-refractivity contribution in [1.82, 2.24) is 4.31 Å². The molecule has 0 bridgehead atoms. The number of amides is 1. The fourth-order valence-corrected chi connectivity index (χ4v) is 5.24. The normalized spacial score (nSPS) is 15.6. The highest BCUT2D eigenvalue weighted by atomic mass is 35.5. The van der Waals surface area contributed by atoms with Gasteiger partial charge in [-0.15, -0.1) is 0 Å². The summed E-state index contributed by atoms with van der Waals surface area (Å²) >= 11 is 11.9. The first-order chi connectivity index (χ1) is 14.3. The first-order valence-corrected chi connectivity index (χ1v) is 11.4. The molecule has 1 N–H and O–H groups in total. The Morgan fingerprint density at radius 1 is 1.03 bits per heavy atom. The SMILES string of the molecule is COc1ccc(OC)c(S(=O)(=O)N2CCC(C(=O)Nc3ccc(Cl)c(Cl)c3)CC2)c1. The van der Waals surface area contributed by atoms with Gasteiger partial charge in [0.15, 0.2) is 0 Å². The third-order valence-electron chi connectivity index (χ3n) is 5.00. The van der Waals surface area contributed by atoms with Crippen LogP contribution in [-0.4, -0.2) is 45.9 Å². The van der Waals surface area contributed by atoms with E-state index in [4.69, 9.17) is 32.7 Å². The smallest absolute Gasteiger partial charge is 0.246 e. The lowest BCUT2D eigenvalue weighted by Crippen LogP contribution is -2.41. The van der Waals surface area contributed by atoms with Crippen molar-refractivity contribution < 1.29 is 22.7 Å². The maximum atomic E-state index is 13.1. The van der Waals surface area contributed by atoms with Gasteiger partial charge in [0.25, 0.3) is 0 Å². The summed E-state index contributed by atoms with van der Waals surface area (Å²) in [5.74, 6) is 0.183. The van der Waals surface area contributed by atoms with Crippen LogP contribution in [0.2, 0.25) is 10.0 Å². The number of anilines is 1. The van der Waals surface area contributed by atoms with Crippen molar-refractivity contribution in [3.8, 4) is 11.5 Å². The lowest BCUT2D eigenvalue weighted by molar-refractivity contribution is -0.120. The molecule has 0 aromatic heterocycles. The molecule has 0 unspecified atom stereocenters. The maximum Gasteiger partial charge on any atom is 0.246 e. The lowest BCUT2D eigenvalue weighted by Gasteiger charge is -2.31. The van der Waals surface area contributed by atoms with Crippen molar-refractivity contribution >= 4 is 44.8 Å². The van der Waals surface area contributed by atoms with Gasteiger partial charge in [0.1, 0.15) is 16.4 Å². The monoisotopic (exact) mass is 472 g/mol. The molecule has 1 aliphatic rings. The fraction of sp³-hybridized carbons (Fsp3) is 0.350. The van der Waals surface area contributed by atoms with Crippen LogP contribution >= 0.6 is 23.2 Å². The Morgan fingerprint density at radius 3 is 2.33 bits per heavy atom. The molecule has 2 aromatic carbocycles. The van der Waals surface area contributed by atoms with E-state index in [1.807, 2.05) is 0 Å². The van der Waals surface area contributed by atoms with E-state index in [1.54, 1.807) is 30.3 Å². The highest BCUT2D eigenvalue weighted by Crippen LogP contribution is 2.33. The average Bonchev–Trinajstić information content (AvgIpc) is 2.75. The zero-order valence-electron chi connectivity index (χ0n) is 16.5. The summed E-state index contributed by atoms with van der Waals surface area (Å²) in [6, 6.07) is 9.49. The topological polar surface area (TPSA) is 84.9 Å². The minimum atomic E-state index is -3.79. The lowest BCUT2D eigenvalue weighted by atomic mass is 9.97. The van der Waals surface area contributed by atoms with Gasteiger partial charge in [0.2, 0.25) is 15.9 Å². The molecule has 30 heavy (non-hydrogen) atoms. The van der Waals surface area contributed by atoms with Gasteiger partial charge in [-0.25, -0.2) is 8.42 Å². The Labute approximate surface area is 185 Å². The van der Waals surface area contributed by atoms with Crippen molar-refractivity contribution in [2.24, 2.45) is 5.92 Å². The average molecular weight is 473 g/mol. The number of hydrogen-bond donors (Lipinski definition) is 1. The predicted molar refractivity (Wildman–Crippen MR) is 116 cm³/mol. The predicted octanol–water partition coefficient (Wildman–Crippen LogP) is 4.05. The van der Waals surface area contributed by atoms with Crippen LogP contribution in [0.5, 0.6) is 11.5 Å². The number of hydrogen-bond acceptors (Lipinski definition) is 5. The molecular weight excluding hydrogens is 451 g/mol. The molecular formula is C20H22Cl2N2O5S. The molecule has 0 aliphatic carbocycles. The quantitative estimate of drug-likeness (QED) is 0.685. The van der Waals surface area contributed by atoms with Gasteiger partial charge in [-0.1, -0.05) is 23.2 Å². The highest BCUT2D eigenvalue weighted by molar-refractivity contribution is 7.89. The van der Waals surface area contributed by atoms with Crippen LogP contribution in [-0.2, 0) is 14.8 Å². The molecule has 0 radical (unpaired) electrons. The van der Waals surface area contributed by atoms with Crippen LogP contribution in [0, 0.1) is 5.92 Å². The van der Waals surface area contributed by atoms with Gasteiger partial charge in [-0.3, -0.25) is 4.79 Å². The van der Waals surface area contributed by atoms with E-state index in [2.05, 4.69) is 5.32 Å². The molecule has 0 saturated carbocycles. The van der Waals surface area contributed by atoms with Crippen LogP contribution < -0.4 is 14.8 Å². The Kier molecular flexibility index (Phi) is 7.13. The summed E-state index contributed by atoms with van der Waals surface area (Å²) in [5, 5.41) is 3.57. The van der Waals surface area contributed by atoms with Gasteiger partial charge in [-0.05, 0) is 43.2 Å². The van der Waals surface area contributed by atoms with Crippen LogP contribution in [0.25, 0.3) is 0 Å². The van der Waals surface area contributed by atoms with Crippen LogP contribution in [0.3, 0.4) is 0 Å². The van der Waals surface area contributed by atoms with Crippen LogP contribution in [0.15, 0.2) is 41.3 Å². The molecule has 1 heterocycles. The first-order valence-electron chi connectivity index (χ1n) is 9.24. The van der Waals surface area contributed by atoms with Crippen molar-refractivity contribution in [2.45, 2.75) is 17.7 Å². The number of sulfonamides is 1. The minimum absolute atomic E-state index is 0.0445. The second-order valence-corrected chi connectivity index (χ2v) is 9.53. The van der Waals surface area contributed by atoms with Crippen LogP contribution in [0.4, 0.5) is 5.69 Å². The Hall–Kier alpha value is -2.00. The number of nitrogens with zero attached hydrogens (tertiary/aromatic N) is 1. The number of ether oxygens (including phenoxy) is 2. The fourth-order valence-electron chi connectivity index (χ4n) is 3.30. The second kappa shape index (κ2) is 9.43. The highest BCUT2D eigenvalue weighted by Gasteiger charge is 2.34. The number of carbonyl (C=O) groups is 1. The molecule has 1 fully saturated rings. The third kappa shape index (κ3) is 4.83. The molecule has 0 spiro atoms. The molecule has 3 rings (SSSR count). The largest absolute Gasteiger partial charge is 0.497 e. The van der Waals surface area contributed by atoms with Gasteiger partial charge >= 0.3 is 0 Å². The van der Waals surface area contributed by atoms with E-state index in [1.165, 1.54) is 24.6 Å². The van der Waals surface area contributed by atoms with Gasteiger partial charge in [0, 0.05) is 30.8 Å². The van der Waals surface area contributed by atoms with Gasteiger partial charge in [0.05, 0.1) is 24.3 Å². The van der Waals surface area contributed by atoms with E-state index in [0.717, 1.165) is 0 Å². The minimum Gasteiger partial charge on any atom is -0.497 e. The van der Waals surface area contributed by atoms with Crippen molar-refractivity contribution in [3.05, 3.63) is 46.4 Å². The molecule has 10 heteroatoms. The summed E-state index contributed by atoms with van der Waals surface area (Å²) in [5.41, 5.74) is 0.547. The summed E-state index contributed by atoms with van der Waals surface area (Å²) in [6.45, 7) is 0.449. The number of benzene rings is 2. The third-order valence-corrected chi connectivity index (χ3v) is 7.66. The molecule has 1 amide bonds. The summed E-state index contributed by atoms with van der Waals surface area (Å²) in [4.78, 5) is 12.6. The number of halogens is 2. The first kappa shape index (κ1) is 22.7. The standard InChI is InChI=1S/C20H22Cl2N2O5S/c1-28-15-4-6-18(29-2)19(12-15)30(26,27)24-9-7-13(8-10-24)20(25)23-14-3-5-16(21)17(22)11-14/h3-6,11-13H,7-10H2,1-2H3,(H,23,25). The number of rotatable bonds is 6. The maximum absolute atomic E-state index is 13.1. The van der Waals surface area contributed by atoms with Crippen molar-refractivity contribution in [2.75, 3.05) is 32.6 Å². The van der Waals surface area contributed by atoms with E-state index in [-0.39, 0.29) is 35.6 Å². The Morgan fingerprint density at radius 2 is 1.73 bits per heavy atom. The second-order valence-electron chi connectivity index (χ2n) is 6.81. The molecule has 7 nitrogen and oxygen atoms in total.